The monoisotopic (exact) mass is 703 g/mol. The zero-order valence-electron chi connectivity index (χ0n) is 32.8. The van der Waals surface area contributed by atoms with E-state index in [2.05, 4.69) is 72.9 Å². The van der Waals surface area contributed by atoms with Crippen LogP contribution in [0.1, 0.15) is 138 Å². The smallest absolute Gasteiger partial charge is 0.199 e. The number of allylic oxidation sites excluding steroid dienone is 4. The predicted molar refractivity (Wildman–Crippen MR) is 204 cm³/mol. The second-order valence-corrected chi connectivity index (χ2v) is 22.4. The molecule has 49 heavy (non-hydrogen) atoms. The molecule has 5 unspecified atom stereocenters. The summed E-state index contributed by atoms with van der Waals surface area (Å²) in [4.78, 5) is 0. The van der Waals surface area contributed by atoms with Gasteiger partial charge in [-0.15, -0.1) is 0 Å². The Balaban J connectivity index is 1.59. The molecule has 0 amide bonds. The van der Waals surface area contributed by atoms with Crippen LogP contribution in [0.3, 0.4) is 0 Å². The number of aliphatic hydroxyl groups is 1. The zero-order valence-corrected chi connectivity index (χ0v) is 33.8. The van der Waals surface area contributed by atoms with Gasteiger partial charge in [-0.2, -0.15) is 0 Å². The summed E-state index contributed by atoms with van der Waals surface area (Å²) >= 11 is 0. The van der Waals surface area contributed by atoms with Crippen molar-refractivity contribution in [3.8, 4) is 0 Å². The summed E-state index contributed by atoms with van der Waals surface area (Å²) in [5.41, 5.74) is 2.97. The van der Waals surface area contributed by atoms with E-state index in [1.165, 1.54) is 18.4 Å². The van der Waals surface area contributed by atoms with Crippen LogP contribution in [0.25, 0.3) is 0 Å². The lowest BCUT2D eigenvalue weighted by Crippen LogP contribution is -2.42. The van der Waals surface area contributed by atoms with Crippen LogP contribution in [0.2, 0.25) is 18.1 Å². The Morgan fingerprint density at radius 2 is 1.63 bits per heavy atom. The molecule has 1 N–H and O–H groups in total. The van der Waals surface area contributed by atoms with Gasteiger partial charge in [0.15, 0.2) is 20.9 Å². The molecule has 0 radical (unpaired) electrons. The van der Waals surface area contributed by atoms with Crippen LogP contribution in [0.15, 0.2) is 35.1 Å². The van der Waals surface area contributed by atoms with E-state index in [0.717, 1.165) is 109 Å². The lowest BCUT2D eigenvalue weighted by atomic mass is 9.89. The van der Waals surface area contributed by atoms with Gasteiger partial charge < -0.3 is 28.5 Å². The molecule has 4 rings (SSSR count). The zero-order chi connectivity index (χ0) is 35.4. The fourth-order valence-corrected chi connectivity index (χ4v) is 9.03. The van der Waals surface area contributed by atoms with Crippen LogP contribution >= 0.6 is 0 Å². The highest BCUT2D eigenvalue weighted by Crippen LogP contribution is 2.53. The van der Waals surface area contributed by atoms with E-state index in [1.54, 1.807) is 5.57 Å². The first-order valence-corrected chi connectivity index (χ1v) is 23.1. The first-order chi connectivity index (χ1) is 23.4. The van der Waals surface area contributed by atoms with Gasteiger partial charge in [0.05, 0.1) is 12.7 Å². The molecule has 2 heterocycles. The Bertz CT molecular complexity index is 1060. The van der Waals surface area contributed by atoms with Gasteiger partial charge in [-0.3, -0.25) is 0 Å². The van der Waals surface area contributed by atoms with Crippen LogP contribution in [0, 0.1) is 29.6 Å². The maximum absolute atomic E-state index is 9.61. The summed E-state index contributed by atoms with van der Waals surface area (Å²) in [5, 5.41) is 9.79. The molecule has 0 aromatic carbocycles. The molecular weight excluding hydrogens is 629 g/mol. The van der Waals surface area contributed by atoms with E-state index in [9.17, 15) is 5.11 Å². The van der Waals surface area contributed by atoms with Gasteiger partial charge in [-0.1, -0.05) is 57.4 Å². The second-order valence-electron chi connectivity index (χ2n) is 17.6. The molecule has 2 aliphatic heterocycles. The SMILES string of the molecule is CC(C)=CCC[C@@H](C)CCC=C(OC1CCCCO1)[C@H]1C2C=C(C(CCCCO)CO[Si](C)(C)C(C)(C)C)CC2C[C@@H]1OC1CCCCO1. The predicted octanol–water partition coefficient (Wildman–Crippen LogP) is 10.9. The Labute approximate surface area is 301 Å². The molecule has 7 heteroatoms. The van der Waals surface area contributed by atoms with Crippen LogP contribution in [0.4, 0.5) is 0 Å². The highest BCUT2D eigenvalue weighted by atomic mass is 28.4. The second kappa shape index (κ2) is 19.8. The van der Waals surface area contributed by atoms with Crippen LogP contribution in [-0.2, 0) is 23.4 Å². The van der Waals surface area contributed by atoms with Crippen molar-refractivity contribution in [2.24, 2.45) is 29.6 Å². The molecule has 3 fully saturated rings. The van der Waals surface area contributed by atoms with Crippen molar-refractivity contribution in [3.05, 3.63) is 35.1 Å². The highest BCUT2D eigenvalue weighted by molar-refractivity contribution is 6.74. The summed E-state index contributed by atoms with van der Waals surface area (Å²) < 4.78 is 33.1. The third-order valence-electron chi connectivity index (χ3n) is 12.2. The van der Waals surface area contributed by atoms with E-state index in [0.29, 0.717) is 23.7 Å². The number of hydrogen-bond donors (Lipinski definition) is 1. The average molecular weight is 703 g/mol. The number of fused-ring (bicyclic) bond motifs is 1. The molecule has 0 spiro atoms. The summed E-state index contributed by atoms with van der Waals surface area (Å²) in [6, 6.07) is 0. The fraction of sp³-hybridized carbons (Fsp3) is 0.857. The Hall–Kier alpha value is -0.963. The summed E-state index contributed by atoms with van der Waals surface area (Å²) in [6.45, 7) is 21.1. The molecule has 2 aliphatic carbocycles. The topological polar surface area (TPSA) is 66.4 Å². The fourth-order valence-electron chi connectivity index (χ4n) is 7.98. The Morgan fingerprint density at radius 3 is 2.24 bits per heavy atom. The molecule has 4 aliphatic rings. The highest BCUT2D eigenvalue weighted by Gasteiger charge is 2.50. The van der Waals surface area contributed by atoms with Crippen molar-refractivity contribution in [2.75, 3.05) is 26.4 Å². The van der Waals surface area contributed by atoms with Crippen molar-refractivity contribution in [2.45, 2.75) is 175 Å². The van der Waals surface area contributed by atoms with E-state index >= 15 is 0 Å². The average Bonchev–Trinajstić information content (AvgIpc) is 3.60. The number of aliphatic hydroxyl groups excluding tert-OH is 1. The van der Waals surface area contributed by atoms with Crippen LogP contribution in [0.5, 0.6) is 0 Å². The number of rotatable bonds is 19. The van der Waals surface area contributed by atoms with Crippen molar-refractivity contribution in [1.82, 2.24) is 0 Å². The minimum atomic E-state index is -1.88. The number of ether oxygens (including phenoxy) is 4. The van der Waals surface area contributed by atoms with Gasteiger partial charge in [0.25, 0.3) is 0 Å². The van der Waals surface area contributed by atoms with Gasteiger partial charge in [0.1, 0.15) is 5.76 Å². The molecule has 6 nitrogen and oxygen atoms in total. The quantitative estimate of drug-likeness (QED) is 0.0625. The summed E-state index contributed by atoms with van der Waals surface area (Å²) in [5.74, 6) is 3.23. The first kappa shape index (κ1) is 40.8. The molecule has 8 atom stereocenters. The number of hydrogen-bond acceptors (Lipinski definition) is 6. The van der Waals surface area contributed by atoms with E-state index < -0.39 is 8.32 Å². The van der Waals surface area contributed by atoms with Crippen molar-refractivity contribution < 1.29 is 28.5 Å². The molecule has 2 saturated heterocycles. The first-order valence-electron chi connectivity index (χ1n) is 20.2. The minimum absolute atomic E-state index is 0.0807. The van der Waals surface area contributed by atoms with Crippen LogP contribution < -0.4 is 0 Å². The standard InChI is InChI=1S/C42H74O6Si/c1-31(2)17-15-18-32(3)19-16-21-37(47-39-22-10-13-25-44-39)41-36-28-34(27-35(36)29-38(41)48-40-23-11-14-26-45-40)33(20-9-12-24-43)30-46-49(7,8)42(4,5)6/h17,21,28,32-33,35-36,38-41,43H,9-16,18-20,22-27,29-30H2,1-8H3/t32-,33?,35?,36?,38+,39?,40?,41-/m1/s1. The molecule has 1 saturated carbocycles. The summed E-state index contributed by atoms with van der Waals surface area (Å²) in [7, 11) is -1.88. The summed E-state index contributed by atoms with van der Waals surface area (Å²) in [6.07, 6.45) is 23.3. The van der Waals surface area contributed by atoms with E-state index in [1.807, 2.05) is 0 Å². The van der Waals surface area contributed by atoms with Crippen molar-refractivity contribution >= 4 is 8.32 Å². The van der Waals surface area contributed by atoms with Gasteiger partial charge in [-0.05, 0) is 139 Å². The maximum atomic E-state index is 9.61. The largest absolute Gasteiger partial charge is 0.469 e. The third kappa shape index (κ3) is 12.6. The maximum Gasteiger partial charge on any atom is 0.199 e. The van der Waals surface area contributed by atoms with Gasteiger partial charge in [-0.25, -0.2) is 0 Å². The molecule has 0 bridgehead atoms. The number of unbranched alkanes of at least 4 members (excludes halogenated alkanes) is 1. The molecule has 0 aromatic heterocycles. The van der Waals surface area contributed by atoms with E-state index in [4.69, 9.17) is 23.4 Å². The molecule has 0 aromatic rings. The lowest BCUT2D eigenvalue weighted by Gasteiger charge is -2.37. The molecule has 282 valence electrons. The minimum Gasteiger partial charge on any atom is -0.469 e. The Kier molecular flexibility index (Phi) is 16.5. The van der Waals surface area contributed by atoms with E-state index in [-0.39, 0.29) is 36.2 Å². The van der Waals surface area contributed by atoms with Gasteiger partial charge >= 0.3 is 0 Å². The lowest BCUT2D eigenvalue weighted by molar-refractivity contribution is -0.200. The Morgan fingerprint density at radius 1 is 0.959 bits per heavy atom. The van der Waals surface area contributed by atoms with Gasteiger partial charge in [0.2, 0.25) is 0 Å². The van der Waals surface area contributed by atoms with Gasteiger partial charge in [0, 0.05) is 38.1 Å². The molecular formula is C42H74O6Si. The van der Waals surface area contributed by atoms with Crippen molar-refractivity contribution in [1.29, 1.82) is 0 Å². The normalized spacial score (nSPS) is 29.3. The van der Waals surface area contributed by atoms with Crippen LogP contribution in [-0.4, -0.2) is 58.5 Å². The van der Waals surface area contributed by atoms with Crippen molar-refractivity contribution in [3.63, 3.8) is 0 Å². The third-order valence-corrected chi connectivity index (χ3v) is 16.7.